The molecule has 2 aromatic heterocycles. The van der Waals surface area contributed by atoms with Crippen LogP contribution in [0.5, 0.6) is 0 Å². The lowest BCUT2D eigenvalue weighted by molar-refractivity contribution is -0.119. The SMILES string of the molecule is O=C(Cn1cnnn1)N1CCc2cc(-c3ccncc3)ccc21. The van der Waals surface area contributed by atoms with E-state index in [4.69, 9.17) is 0 Å². The summed E-state index contributed by atoms with van der Waals surface area (Å²) in [6, 6.07) is 10.2. The molecule has 0 fully saturated rings. The van der Waals surface area contributed by atoms with Gasteiger partial charge in [0.15, 0.2) is 0 Å². The van der Waals surface area contributed by atoms with Crippen LogP contribution < -0.4 is 4.90 Å². The normalized spacial score (nSPS) is 13.1. The van der Waals surface area contributed by atoms with Crippen LogP contribution in [0.2, 0.25) is 0 Å². The van der Waals surface area contributed by atoms with Crippen LogP contribution >= 0.6 is 0 Å². The van der Waals surface area contributed by atoms with Gasteiger partial charge in [-0.05, 0) is 57.8 Å². The van der Waals surface area contributed by atoms with Gasteiger partial charge in [-0.1, -0.05) is 6.07 Å². The zero-order valence-corrected chi connectivity index (χ0v) is 12.3. The number of anilines is 1. The number of carbonyl (C=O) groups excluding carboxylic acids is 1. The summed E-state index contributed by atoms with van der Waals surface area (Å²) in [5.41, 5.74) is 4.42. The van der Waals surface area contributed by atoms with Gasteiger partial charge in [-0.15, -0.1) is 5.10 Å². The highest BCUT2D eigenvalue weighted by atomic mass is 16.2. The monoisotopic (exact) mass is 306 g/mol. The zero-order valence-electron chi connectivity index (χ0n) is 12.3. The van der Waals surface area contributed by atoms with Crippen LogP contribution in [0.25, 0.3) is 11.1 Å². The minimum atomic E-state index is -0.00675. The van der Waals surface area contributed by atoms with Crippen molar-refractivity contribution in [3.63, 3.8) is 0 Å². The van der Waals surface area contributed by atoms with Gasteiger partial charge >= 0.3 is 0 Å². The molecule has 0 saturated carbocycles. The number of pyridine rings is 1. The van der Waals surface area contributed by atoms with Gasteiger partial charge in [0.05, 0.1) is 0 Å². The molecule has 0 unspecified atom stereocenters. The molecule has 1 aliphatic heterocycles. The second kappa shape index (κ2) is 5.60. The van der Waals surface area contributed by atoms with Gasteiger partial charge in [0, 0.05) is 24.6 Å². The molecule has 0 aliphatic carbocycles. The van der Waals surface area contributed by atoms with Crippen LogP contribution in [-0.4, -0.2) is 37.6 Å². The van der Waals surface area contributed by atoms with Crippen LogP contribution in [0.3, 0.4) is 0 Å². The zero-order chi connectivity index (χ0) is 15.6. The first-order valence-corrected chi connectivity index (χ1v) is 7.36. The molecule has 4 rings (SSSR count). The summed E-state index contributed by atoms with van der Waals surface area (Å²) in [6.45, 7) is 0.842. The Hall–Kier alpha value is -3.09. The Morgan fingerprint density at radius 2 is 2.00 bits per heavy atom. The molecule has 0 atom stereocenters. The van der Waals surface area contributed by atoms with Crippen molar-refractivity contribution in [1.29, 1.82) is 0 Å². The average Bonchev–Trinajstić information content (AvgIpc) is 3.24. The van der Waals surface area contributed by atoms with Crippen molar-refractivity contribution in [2.45, 2.75) is 13.0 Å². The van der Waals surface area contributed by atoms with Crippen molar-refractivity contribution in [1.82, 2.24) is 25.2 Å². The predicted molar refractivity (Wildman–Crippen MR) is 83.5 cm³/mol. The summed E-state index contributed by atoms with van der Waals surface area (Å²) >= 11 is 0. The molecule has 0 spiro atoms. The molecule has 23 heavy (non-hydrogen) atoms. The number of amides is 1. The van der Waals surface area contributed by atoms with Crippen LogP contribution in [-0.2, 0) is 17.8 Å². The van der Waals surface area contributed by atoms with Crippen molar-refractivity contribution in [3.8, 4) is 11.1 Å². The third-order valence-electron chi connectivity index (χ3n) is 3.98. The molecule has 0 bridgehead atoms. The smallest absolute Gasteiger partial charge is 0.248 e. The van der Waals surface area contributed by atoms with Gasteiger partial charge in [-0.25, -0.2) is 4.68 Å². The Kier molecular flexibility index (Phi) is 3.30. The lowest BCUT2D eigenvalue weighted by Crippen LogP contribution is -2.32. The molecule has 114 valence electrons. The average molecular weight is 306 g/mol. The fourth-order valence-electron chi connectivity index (χ4n) is 2.86. The van der Waals surface area contributed by atoms with Gasteiger partial charge < -0.3 is 4.90 Å². The maximum Gasteiger partial charge on any atom is 0.248 e. The van der Waals surface area contributed by atoms with Gasteiger partial charge in [0.1, 0.15) is 12.9 Å². The highest BCUT2D eigenvalue weighted by Gasteiger charge is 2.25. The van der Waals surface area contributed by atoms with E-state index in [1.807, 2.05) is 24.3 Å². The lowest BCUT2D eigenvalue weighted by atomic mass is 10.0. The van der Waals surface area contributed by atoms with Gasteiger partial charge in [0.2, 0.25) is 5.91 Å². The van der Waals surface area contributed by atoms with Gasteiger partial charge in [-0.3, -0.25) is 9.78 Å². The number of hydrogen-bond acceptors (Lipinski definition) is 5. The molecule has 0 saturated heterocycles. The van der Waals surface area contributed by atoms with Gasteiger partial charge in [-0.2, -0.15) is 0 Å². The predicted octanol–water partition coefficient (Wildman–Crippen LogP) is 1.32. The Morgan fingerprint density at radius 1 is 1.13 bits per heavy atom. The highest BCUT2D eigenvalue weighted by Crippen LogP contribution is 2.32. The van der Waals surface area contributed by atoms with E-state index >= 15 is 0 Å². The van der Waals surface area contributed by atoms with E-state index in [1.54, 1.807) is 17.3 Å². The highest BCUT2D eigenvalue weighted by molar-refractivity contribution is 5.95. The molecule has 3 heterocycles. The van der Waals surface area contributed by atoms with Crippen LogP contribution in [0.1, 0.15) is 5.56 Å². The molecule has 7 heteroatoms. The molecule has 0 N–H and O–H groups in total. The molecule has 7 nitrogen and oxygen atoms in total. The number of hydrogen-bond donors (Lipinski definition) is 0. The Balaban J connectivity index is 1.59. The van der Waals surface area contributed by atoms with Crippen LogP contribution in [0.4, 0.5) is 5.69 Å². The Labute approximate surface area is 132 Å². The van der Waals surface area contributed by atoms with Crippen LogP contribution in [0.15, 0.2) is 49.1 Å². The first-order valence-electron chi connectivity index (χ1n) is 7.36. The summed E-state index contributed by atoms with van der Waals surface area (Å²) in [7, 11) is 0. The largest absolute Gasteiger partial charge is 0.310 e. The van der Waals surface area contributed by atoms with Crippen molar-refractivity contribution >= 4 is 11.6 Å². The van der Waals surface area contributed by atoms with Crippen molar-refractivity contribution in [2.24, 2.45) is 0 Å². The number of nitrogens with zero attached hydrogens (tertiary/aromatic N) is 6. The molecular formula is C16H14N6O. The quantitative estimate of drug-likeness (QED) is 0.729. The van der Waals surface area contributed by atoms with E-state index in [-0.39, 0.29) is 12.5 Å². The Bertz CT molecular complexity index is 831. The number of carbonyl (C=O) groups is 1. The number of aromatic nitrogens is 5. The van der Waals surface area contributed by atoms with E-state index in [0.717, 1.165) is 23.2 Å². The molecule has 1 amide bonds. The van der Waals surface area contributed by atoms with E-state index < -0.39 is 0 Å². The topological polar surface area (TPSA) is 76.8 Å². The lowest BCUT2D eigenvalue weighted by Gasteiger charge is -2.17. The Morgan fingerprint density at radius 3 is 2.78 bits per heavy atom. The van der Waals surface area contributed by atoms with E-state index in [9.17, 15) is 4.79 Å². The summed E-state index contributed by atoms with van der Waals surface area (Å²) in [6.07, 6.45) is 5.87. The fraction of sp³-hybridized carbons (Fsp3) is 0.188. The third kappa shape index (κ3) is 2.57. The van der Waals surface area contributed by atoms with E-state index in [0.29, 0.717) is 6.54 Å². The minimum Gasteiger partial charge on any atom is -0.310 e. The molecule has 3 aromatic rings. The molecule has 0 radical (unpaired) electrons. The molecular weight excluding hydrogens is 292 g/mol. The fourth-order valence-corrected chi connectivity index (χ4v) is 2.86. The maximum absolute atomic E-state index is 12.4. The third-order valence-corrected chi connectivity index (χ3v) is 3.98. The number of benzene rings is 1. The number of fused-ring (bicyclic) bond motifs is 1. The number of rotatable bonds is 3. The van der Waals surface area contributed by atoms with E-state index in [1.165, 1.54) is 16.6 Å². The maximum atomic E-state index is 12.4. The summed E-state index contributed by atoms with van der Waals surface area (Å²) in [5.74, 6) is -0.00675. The van der Waals surface area contributed by atoms with Crippen molar-refractivity contribution < 1.29 is 4.79 Å². The van der Waals surface area contributed by atoms with Crippen LogP contribution in [0, 0.1) is 0 Å². The standard InChI is InChI=1S/C16H14N6O/c23-16(10-21-11-18-19-20-21)22-8-5-14-9-13(1-2-15(14)22)12-3-6-17-7-4-12/h1-4,6-7,9,11H,5,8,10H2. The first-order chi connectivity index (χ1) is 11.3. The minimum absolute atomic E-state index is 0.00675. The van der Waals surface area contributed by atoms with E-state index in [2.05, 4.69) is 26.6 Å². The molecule has 1 aromatic carbocycles. The first kappa shape index (κ1) is 13.6. The second-order valence-electron chi connectivity index (χ2n) is 5.38. The van der Waals surface area contributed by atoms with Crippen molar-refractivity contribution in [3.05, 3.63) is 54.6 Å². The van der Waals surface area contributed by atoms with Crippen molar-refractivity contribution in [2.75, 3.05) is 11.4 Å². The number of tetrazole rings is 1. The summed E-state index contributed by atoms with van der Waals surface area (Å²) in [4.78, 5) is 18.3. The molecule has 1 aliphatic rings. The summed E-state index contributed by atoms with van der Waals surface area (Å²) < 4.78 is 1.44. The summed E-state index contributed by atoms with van der Waals surface area (Å²) in [5, 5.41) is 10.8. The van der Waals surface area contributed by atoms with Gasteiger partial charge in [0.25, 0.3) is 0 Å². The second-order valence-corrected chi connectivity index (χ2v) is 5.38.